The highest BCUT2D eigenvalue weighted by Crippen LogP contribution is 2.30. The van der Waals surface area contributed by atoms with E-state index in [1.54, 1.807) is 0 Å². The van der Waals surface area contributed by atoms with Gasteiger partial charge in [-0.25, -0.2) is 4.79 Å². The highest BCUT2D eigenvalue weighted by Gasteiger charge is 2.35. The third-order valence-electron chi connectivity index (χ3n) is 5.37. The summed E-state index contributed by atoms with van der Waals surface area (Å²) in [5.74, 6) is 0. The summed E-state index contributed by atoms with van der Waals surface area (Å²) in [7, 11) is 0. The minimum atomic E-state index is -0.0416. The number of nitrogens with zero attached hydrogens (tertiary/aromatic N) is 3. The van der Waals surface area contributed by atoms with Gasteiger partial charge in [-0.3, -0.25) is 4.98 Å². The van der Waals surface area contributed by atoms with Crippen molar-refractivity contribution in [3.63, 3.8) is 0 Å². The van der Waals surface area contributed by atoms with Crippen molar-refractivity contribution in [1.29, 1.82) is 0 Å². The molecule has 0 spiro atoms. The molecule has 4 rings (SSSR count). The zero-order valence-corrected chi connectivity index (χ0v) is 15.2. The minimum absolute atomic E-state index is 0.0416. The third-order valence-corrected chi connectivity index (χ3v) is 5.37. The summed E-state index contributed by atoms with van der Waals surface area (Å²) in [5, 5.41) is 2.28. The van der Waals surface area contributed by atoms with Crippen molar-refractivity contribution < 1.29 is 4.79 Å². The van der Waals surface area contributed by atoms with Crippen LogP contribution >= 0.6 is 0 Å². The minimum Gasteiger partial charge on any atom is -0.316 e. The van der Waals surface area contributed by atoms with Crippen molar-refractivity contribution in [1.82, 2.24) is 14.8 Å². The van der Waals surface area contributed by atoms with Gasteiger partial charge in [0.05, 0.1) is 17.8 Å². The van der Waals surface area contributed by atoms with Crippen LogP contribution in [0.1, 0.15) is 37.2 Å². The Morgan fingerprint density at radius 3 is 2.19 bits per heavy atom. The maximum atomic E-state index is 13.0. The average molecular weight is 345 g/mol. The number of aromatic nitrogens is 1. The first-order valence-electron chi connectivity index (χ1n) is 9.12. The lowest BCUT2D eigenvalue weighted by Gasteiger charge is -2.28. The number of benzene rings is 2. The van der Waals surface area contributed by atoms with E-state index >= 15 is 0 Å². The van der Waals surface area contributed by atoms with E-state index in [4.69, 9.17) is 0 Å². The van der Waals surface area contributed by atoms with Gasteiger partial charge >= 0.3 is 6.03 Å². The van der Waals surface area contributed by atoms with Crippen LogP contribution in [0.5, 0.6) is 0 Å². The molecule has 1 unspecified atom stereocenters. The molecule has 0 aliphatic carbocycles. The lowest BCUT2D eigenvalue weighted by molar-refractivity contribution is 0.169. The van der Waals surface area contributed by atoms with Gasteiger partial charge in [-0.15, -0.1) is 0 Å². The molecule has 2 atom stereocenters. The molecule has 1 aliphatic rings. The van der Waals surface area contributed by atoms with Crippen LogP contribution in [-0.2, 0) is 0 Å². The van der Waals surface area contributed by atoms with E-state index in [9.17, 15) is 4.79 Å². The fraction of sp³-hybridized carbons (Fsp3) is 0.273. The van der Waals surface area contributed by atoms with E-state index in [2.05, 4.69) is 49.2 Å². The number of pyridine rings is 1. The Hall–Kier alpha value is -2.88. The van der Waals surface area contributed by atoms with Gasteiger partial charge in [0, 0.05) is 24.7 Å². The Bertz CT molecular complexity index is 925. The van der Waals surface area contributed by atoms with Crippen LogP contribution in [0.25, 0.3) is 10.8 Å². The second-order valence-corrected chi connectivity index (χ2v) is 6.89. The van der Waals surface area contributed by atoms with E-state index in [0.29, 0.717) is 0 Å². The Balaban J connectivity index is 1.55. The molecule has 1 saturated heterocycles. The highest BCUT2D eigenvalue weighted by molar-refractivity contribution is 5.82. The maximum Gasteiger partial charge on any atom is 0.321 e. The van der Waals surface area contributed by atoms with Gasteiger partial charge in [0.25, 0.3) is 0 Å². The van der Waals surface area contributed by atoms with E-state index in [0.717, 1.165) is 29.6 Å². The molecule has 1 aliphatic heterocycles. The molecule has 3 aromatic rings. The highest BCUT2D eigenvalue weighted by atomic mass is 16.2. The molecule has 0 radical (unpaired) electrons. The molecule has 2 amide bonds. The molecule has 0 N–H and O–H groups in total. The zero-order chi connectivity index (χ0) is 18.1. The summed E-state index contributed by atoms with van der Waals surface area (Å²) in [5.41, 5.74) is 2.10. The average Bonchev–Trinajstić information content (AvgIpc) is 3.08. The Labute approximate surface area is 154 Å². The van der Waals surface area contributed by atoms with Gasteiger partial charge < -0.3 is 9.80 Å². The monoisotopic (exact) mass is 345 g/mol. The number of urea groups is 1. The molecule has 4 nitrogen and oxygen atoms in total. The summed E-state index contributed by atoms with van der Waals surface area (Å²) in [6.45, 7) is 5.62. The summed E-state index contributed by atoms with van der Waals surface area (Å²) in [6, 6.07) is 20.6. The second kappa shape index (κ2) is 6.79. The summed E-state index contributed by atoms with van der Waals surface area (Å²) in [6.07, 6.45) is 1.89. The van der Waals surface area contributed by atoms with E-state index in [1.165, 1.54) is 5.56 Å². The van der Waals surface area contributed by atoms with Crippen molar-refractivity contribution in [3.8, 4) is 0 Å². The molecule has 132 valence electrons. The zero-order valence-electron chi connectivity index (χ0n) is 15.2. The van der Waals surface area contributed by atoms with Crippen LogP contribution < -0.4 is 0 Å². The van der Waals surface area contributed by atoms with Crippen LogP contribution in [0, 0.1) is 0 Å². The van der Waals surface area contributed by atoms with Crippen molar-refractivity contribution in [2.75, 3.05) is 13.1 Å². The standard InChI is InChI=1S/C22H23N3O/c1-16(18-8-4-3-5-9-18)24-12-13-25(22(24)26)17(2)21-14-19-10-6-7-11-20(19)15-23-21/h3-11,14-17H,12-13H2,1-2H3/t16-,17?/m0/s1. The van der Waals surface area contributed by atoms with Crippen molar-refractivity contribution in [2.45, 2.75) is 25.9 Å². The lowest BCUT2D eigenvalue weighted by Crippen LogP contribution is -2.35. The van der Waals surface area contributed by atoms with Gasteiger partial charge in [-0.1, -0.05) is 54.6 Å². The summed E-state index contributed by atoms with van der Waals surface area (Å²) >= 11 is 0. The molecule has 0 saturated carbocycles. The first kappa shape index (κ1) is 16.6. The molecule has 1 aromatic heterocycles. The van der Waals surface area contributed by atoms with Crippen LogP contribution in [0.15, 0.2) is 66.9 Å². The number of carbonyl (C=O) groups excluding carboxylic acids is 1. The quantitative estimate of drug-likeness (QED) is 0.681. The number of fused-ring (bicyclic) bond motifs is 1. The van der Waals surface area contributed by atoms with Gasteiger partial charge in [-0.05, 0) is 30.9 Å². The first-order chi connectivity index (χ1) is 12.6. The Morgan fingerprint density at radius 1 is 0.846 bits per heavy atom. The van der Waals surface area contributed by atoms with Gasteiger partial charge in [0.15, 0.2) is 0 Å². The number of rotatable bonds is 4. The van der Waals surface area contributed by atoms with Gasteiger partial charge in [0.1, 0.15) is 0 Å². The Kier molecular flexibility index (Phi) is 4.33. The fourth-order valence-corrected chi connectivity index (χ4v) is 3.69. The largest absolute Gasteiger partial charge is 0.321 e. The maximum absolute atomic E-state index is 13.0. The van der Waals surface area contributed by atoms with Crippen LogP contribution in [0.2, 0.25) is 0 Å². The lowest BCUT2D eigenvalue weighted by atomic mass is 10.1. The molecule has 4 heteroatoms. The normalized spacial score (nSPS) is 16.9. The van der Waals surface area contributed by atoms with E-state index in [-0.39, 0.29) is 18.1 Å². The summed E-state index contributed by atoms with van der Waals surface area (Å²) in [4.78, 5) is 21.5. The second-order valence-electron chi connectivity index (χ2n) is 6.89. The smallest absolute Gasteiger partial charge is 0.316 e. The number of hydrogen-bond acceptors (Lipinski definition) is 2. The predicted molar refractivity (Wildman–Crippen MR) is 104 cm³/mol. The molecule has 0 bridgehead atoms. The van der Waals surface area contributed by atoms with Crippen molar-refractivity contribution >= 4 is 16.8 Å². The van der Waals surface area contributed by atoms with Gasteiger partial charge in [0.2, 0.25) is 0 Å². The van der Waals surface area contributed by atoms with Crippen molar-refractivity contribution in [3.05, 3.63) is 78.1 Å². The van der Waals surface area contributed by atoms with Crippen LogP contribution in [-0.4, -0.2) is 33.9 Å². The topological polar surface area (TPSA) is 36.4 Å². The number of carbonyl (C=O) groups is 1. The fourth-order valence-electron chi connectivity index (χ4n) is 3.69. The first-order valence-corrected chi connectivity index (χ1v) is 9.12. The van der Waals surface area contributed by atoms with E-state index in [1.807, 2.05) is 46.3 Å². The van der Waals surface area contributed by atoms with Crippen molar-refractivity contribution in [2.24, 2.45) is 0 Å². The molecule has 1 fully saturated rings. The molecule has 2 aromatic carbocycles. The van der Waals surface area contributed by atoms with Gasteiger partial charge in [-0.2, -0.15) is 0 Å². The molecular formula is C22H23N3O. The number of hydrogen-bond donors (Lipinski definition) is 0. The predicted octanol–water partition coefficient (Wildman–Crippen LogP) is 4.79. The molecule has 2 heterocycles. The summed E-state index contributed by atoms with van der Waals surface area (Å²) < 4.78 is 0. The number of amides is 2. The molecular weight excluding hydrogens is 322 g/mol. The van der Waals surface area contributed by atoms with Crippen LogP contribution in [0.4, 0.5) is 4.79 Å². The van der Waals surface area contributed by atoms with E-state index < -0.39 is 0 Å². The Morgan fingerprint density at radius 2 is 1.46 bits per heavy atom. The SMILES string of the molecule is CC(c1cc2ccccc2cn1)N1CCN([C@@H](C)c2ccccc2)C1=O. The van der Waals surface area contributed by atoms with Crippen LogP contribution in [0.3, 0.4) is 0 Å². The third kappa shape index (κ3) is 2.92. The molecule has 26 heavy (non-hydrogen) atoms.